The van der Waals surface area contributed by atoms with Gasteiger partial charge in [0.1, 0.15) is 11.7 Å². The average molecular weight is 386 g/mol. The predicted molar refractivity (Wildman–Crippen MR) is 121 cm³/mol. The molecule has 0 radical (unpaired) electrons. The van der Waals surface area contributed by atoms with Crippen LogP contribution in [-0.2, 0) is 0 Å². The summed E-state index contributed by atoms with van der Waals surface area (Å²) in [4.78, 5) is 11.5. The van der Waals surface area contributed by atoms with Gasteiger partial charge in [-0.3, -0.25) is 9.98 Å². The molecule has 2 aromatic rings. The lowest BCUT2D eigenvalue weighted by Crippen LogP contribution is -2.31. The monoisotopic (exact) mass is 385 g/mol. The van der Waals surface area contributed by atoms with E-state index >= 15 is 0 Å². The van der Waals surface area contributed by atoms with E-state index in [1.165, 1.54) is 40.8 Å². The van der Waals surface area contributed by atoms with Gasteiger partial charge < -0.3 is 15.5 Å². The third kappa shape index (κ3) is 4.04. The molecule has 0 aliphatic carbocycles. The zero-order valence-electron chi connectivity index (χ0n) is 16.7. The molecule has 1 fully saturated rings. The minimum Gasteiger partial charge on any atom is -0.368 e. The van der Waals surface area contributed by atoms with Gasteiger partial charge in [0.05, 0.1) is 13.1 Å². The maximum atomic E-state index is 4.51. The Bertz CT molecular complexity index is 954. The minimum atomic E-state index is 0.878. The molecule has 1 saturated heterocycles. The molecule has 0 saturated carbocycles. The van der Waals surface area contributed by atoms with Gasteiger partial charge in [-0.1, -0.05) is 35.9 Å². The van der Waals surface area contributed by atoms with E-state index in [0.717, 1.165) is 50.9 Å². The summed E-state index contributed by atoms with van der Waals surface area (Å²) in [5.74, 6) is 2.05. The van der Waals surface area contributed by atoms with Crippen molar-refractivity contribution in [2.24, 2.45) is 9.98 Å². The van der Waals surface area contributed by atoms with Crippen LogP contribution in [0.5, 0.6) is 0 Å². The van der Waals surface area contributed by atoms with Crippen LogP contribution in [0.2, 0.25) is 0 Å². The van der Waals surface area contributed by atoms with Gasteiger partial charge in [-0.2, -0.15) is 0 Å². The molecular formula is C24H27N5. The molecule has 0 spiro atoms. The van der Waals surface area contributed by atoms with E-state index in [1.807, 2.05) is 0 Å². The first-order valence-corrected chi connectivity index (χ1v) is 10.6. The summed E-state index contributed by atoms with van der Waals surface area (Å²) in [6, 6.07) is 17.6. The maximum Gasteiger partial charge on any atom is 0.128 e. The molecule has 29 heavy (non-hydrogen) atoms. The van der Waals surface area contributed by atoms with E-state index in [-0.39, 0.29) is 0 Å². The third-order valence-corrected chi connectivity index (χ3v) is 5.73. The molecule has 0 amide bonds. The Labute approximate surface area is 172 Å². The van der Waals surface area contributed by atoms with Crippen LogP contribution in [-0.4, -0.2) is 50.9 Å². The molecule has 0 unspecified atom stereocenters. The SMILES string of the molecule is C(=C1\CCCN(c2ccc(C3=NCCN3)cc2)C1)/c1ccc(C2=NCCN2)cc1. The lowest BCUT2D eigenvalue weighted by atomic mass is 10.0. The van der Waals surface area contributed by atoms with Crippen molar-refractivity contribution >= 4 is 23.4 Å². The smallest absolute Gasteiger partial charge is 0.128 e. The topological polar surface area (TPSA) is 52.0 Å². The molecule has 2 N–H and O–H groups in total. The van der Waals surface area contributed by atoms with Crippen molar-refractivity contribution in [1.82, 2.24) is 10.6 Å². The van der Waals surface area contributed by atoms with Crippen molar-refractivity contribution < 1.29 is 0 Å². The largest absolute Gasteiger partial charge is 0.368 e. The Kier molecular flexibility index (Phi) is 5.03. The fourth-order valence-corrected chi connectivity index (χ4v) is 4.22. The highest BCUT2D eigenvalue weighted by Gasteiger charge is 2.16. The average Bonchev–Trinajstić information content (AvgIpc) is 3.49. The van der Waals surface area contributed by atoms with Gasteiger partial charge in [0.25, 0.3) is 0 Å². The van der Waals surface area contributed by atoms with Crippen LogP contribution >= 0.6 is 0 Å². The second kappa shape index (κ2) is 8.11. The molecule has 2 aromatic carbocycles. The molecule has 3 aliphatic heterocycles. The zero-order valence-corrected chi connectivity index (χ0v) is 16.7. The Balaban J connectivity index is 1.27. The Morgan fingerprint density at radius 2 is 1.41 bits per heavy atom. The van der Waals surface area contributed by atoms with E-state index in [2.05, 4.69) is 80.1 Å². The van der Waals surface area contributed by atoms with E-state index in [9.17, 15) is 0 Å². The maximum absolute atomic E-state index is 4.51. The fourth-order valence-electron chi connectivity index (χ4n) is 4.22. The molecular weight excluding hydrogens is 358 g/mol. The summed E-state index contributed by atoms with van der Waals surface area (Å²) in [5.41, 5.74) is 6.41. The molecule has 0 aromatic heterocycles. The quantitative estimate of drug-likeness (QED) is 0.851. The second-order valence-corrected chi connectivity index (χ2v) is 7.81. The van der Waals surface area contributed by atoms with Gasteiger partial charge in [-0.25, -0.2) is 0 Å². The van der Waals surface area contributed by atoms with Crippen LogP contribution < -0.4 is 15.5 Å². The molecule has 3 aliphatic rings. The van der Waals surface area contributed by atoms with Crippen molar-refractivity contribution in [3.8, 4) is 0 Å². The summed E-state index contributed by atoms with van der Waals surface area (Å²) in [6.45, 7) is 5.76. The van der Waals surface area contributed by atoms with E-state index < -0.39 is 0 Å². The molecule has 3 heterocycles. The number of piperidine rings is 1. The standard InChI is InChI=1S/C24H27N5/c1-2-19(16-18-3-5-20(6-4-18)23-25-11-12-26-23)17-29(15-1)22-9-7-21(8-10-22)24-27-13-14-28-24/h3-10,16H,1-2,11-15,17H2,(H,25,26)(H,27,28)/b19-16-. The van der Waals surface area contributed by atoms with Gasteiger partial charge >= 0.3 is 0 Å². The first kappa shape index (κ1) is 18.0. The Morgan fingerprint density at radius 3 is 2.00 bits per heavy atom. The van der Waals surface area contributed by atoms with Crippen LogP contribution in [0.4, 0.5) is 5.69 Å². The molecule has 5 rings (SSSR count). The number of rotatable bonds is 4. The lowest BCUT2D eigenvalue weighted by Gasteiger charge is -2.31. The van der Waals surface area contributed by atoms with E-state index in [0.29, 0.717) is 0 Å². The highest BCUT2D eigenvalue weighted by atomic mass is 15.1. The van der Waals surface area contributed by atoms with Gasteiger partial charge in [-0.05, 0) is 42.7 Å². The molecule has 5 nitrogen and oxygen atoms in total. The van der Waals surface area contributed by atoms with Gasteiger partial charge in [0, 0.05) is 43.0 Å². The second-order valence-electron chi connectivity index (χ2n) is 7.81. The molecule has 0 atom stereocenters. The summed E-state index contributed by atoms with van der Waals surface area (Å²) >= 11 is 0. The first-order valence-electron chi connectivity index (χ1n) is 10.6. The highest BCUT2D eigenvalue weighted by Crippen LogP contribution is 2.25. The van der Waals surface area contributed by atoms with Gasteiger partial charge in [-0.15, -0.1) is 0 Å². The Morgan fingerprint density at radius 1 is 0.793 bits per heavy atom. The first-order chi connectivity index (χ1) is 14.3. The van der Waals surface area contributed by atoms with E-state index in [4.69, 9.17) is 0 Å². The van der Waals surface area contributed by atoms with Gasteiger partial charge in [0.2, 0.25) is 0 Å². The lowest BCUT2D eigenvalue weighted by molar-refractivity contribution is 0.681. The summed E-state index contributed by atoms with van der Waals surface area (Å²) in [6.07, 6.45) is 4.72. The number of nitrogens with zero attached hydrogens (tertiary/aromatic N) is 3. The van der Waals surface area contributed by atoms with Crippen molar-refractivity contribution in [2.75, 3.05) is 44.2 Å². The van der Waals surface area contributed by atoms with Crippen molar-refractivity contribution in [2.45, 2.75) is 12.8 Å². The summed E-state index contributed by atoms with van der Waals surface area (Å²) in [7, 11) is 0. The number of amidine groups is 2. The summed E-state index contributed by atoms with van der Waals surface area (Å²) in [5, 5.41) is 6.68. The van der Waals surface area contributed by atoms with Crippen LogP contribution in [0.1, 0.15) is 29.5 Å². The number of aliphatic imine (C=N–C) groups is 2. The highest BCUT2D eigenvalue weighted by molar-refractivity contribution is 6.00. The van der Waals surface area contributed by atoms with E-state index in [1.54, 1.807) is 0 Å². The zero-order chi connectivity index (χ0) is 19.5. The van der Waals surface area contributed by atoms with Crippen LogP contribution in [0.15, 0.2) is 64.1 Å². The van der Waals surface area contributed by atoms with Gasteiger partial charge in [0.15, 0.2) is 0 Å². The third-order valence-electron chi connectivity index (χ3n) is 5.73. The van der Waals surface area contributed by atoms with Crippen LogP contribution in [0.25, 0.3) is 6.08 Å². The number of benzene rings is 2. The van der Waals surface area contributed by atoms with Crippen molar-refractivity contribution in [1.29, 1.82) is 0 Å². The number of anilines is 1. The Hall–Kier alpha value is -3.08. The van der Waals surface area contributed by atoms with Crippen molar-refractivity contribution in [3.63, 3.8) is 0 Å². The predicted octanol–water partition coefficient (Wildman–Crippen LogP) is 3.07. The fraction of sp³-hybridized carbons (Fsp3) is 0.333. The van der Waals surface area contributed by atoms with Crippen LogP contribution in [0.3, 0.4) is 0 Å². The number of nitrogens with one attached hydrogen (secondary N) is 2. The molecule has 0 bridgehead atoms. The van der Waals surface area contributed by atoms with Crippen LogP contribution in [0, 0.1) is 0 Å². The normalized spacial score (nSPS) is 20.3. The van der Waals surface area contributed by atoms with Crippen molar-refractivity contribution in [3.05, 3.63) is 70.8 Å². The summed E-state index contributed by atoms with van der Waals surface area (Å²) < 4.78 is 0. The molecule has 148 valence electrons. The molecule has 5 heteroatoms. The minimum absolute atomic E-state index is 0.878. The number of hydrogen-bond donors (Lipinski definition) is 2. The number of hydrogen-bond acceptors (Lipinski definition) is 5.